The Morgan fingerprint density at radius 3 is 1.92 bits per heavy atom. The van der Waals surface area contributed by atoms with Gasteiger partial charge in [0, 0.05) is 13.1 Å². The van der Waals surface area contributed by atoms with Crippen molar-refractivity contribution in [1.29, 1.82) is 0 Å². The zero-order valence-corrected chi connectivity index (χ0v) is 7.50. The summed E-state index contributed by atoms with van der Waals surface area (Å²) in [5.41, 5.74) is 0. The molecular formula is C8H19N2O2+. The van der Waals surface area contributed by atoms with Gasteiger partial charge < -0.3 is 20.0 Å². The van der Waals surface area contributed by atoms with Crippen molar-refractivity contribution in [3.05, 3.63) is 0 Å². The zero-order valence-electron chi connectivity index (χ0n) is 7.50. The molecule has 1 aliphatic heterocycles. The third-order valence-electron chi connectivity index (χ3n) is 2.67. The van der Waals surface area contributed by atoms with E-state index in [1.165, 1.54) is 0 Å². The molecule has 0 aromatic carbocycles. The van der Waals surface area contributed by atoms with Gasteiger partial charge in [0.15, 0.2) is 0 Å². The summed E-state index contributed by atoms with van der Waals surface area (Å²) in [4.78, 5) is 0. The van der Waals surface area contributed by atoms with E-state index in [2.05, 4.69) is 5.32 Å². The lowest BCUT2D eigenvalue weighted by atomic mass is 10.2. The van der Waals surface area contributed by atoms with Gasteiger partial charge in [0.25, 0.3) is 0 Å². The van der Waals surface area contributed by atoms with Crippen molar-refractivity contribution < 1.29 is 14.7 Å². The largest absolute Gasteiger partial charge is 0.391 e. The van der Waals surface area contributed by atoms with Crippen LogP contribution in [0, 0.1) is 0 Å². The van der Waals surface area contributed by atoms with Crippen LogP contribution in [0.4, 0.5) is 0 Å². The predicted octanol–water partition coefficient (Wildman–Crippen LogP) is -1.61. The summed E-state index contributed by atoms with van der Waals surface area (Å²) in [5.74, 6) is 0. The van der Waals surface area contributed by atoms with Crippen LogP contribution in [0.2, 0.25) is 0 Å². The molecule has 3 N–H and O–H groups in total. The molecule has 0 aromatic rings. The Morgan fingerprint density at radius 2 is 1.50 bits per heavy atom. The van der Waals surface area contributed by atoms with Gasteiger partial charge in [-0.05, 0) is 0 Å². The molecule has 1 saturated heterocycles. The molecule has 1 fully saturated rings. The van der Waals surface area contributed by atoms with Crippen molar-refractivity contribution in [2.45, 2.75) is 0 Å². The van der Waals surface area contributed by atoms with Crippen LogP contribution in [0.1, 0.15) is 0 Å². The maximum atomic E-state index is 8.89. The number of rotatable bonds is 4. The van der Waals surface area contributed by atoms with Crippen LogP contribution in [0.5, 0.6) is 0 Å². The summed E-state index contributed by atoms with van der Waals surface area (Å²) in [6, 6.07) is 0. The van der Waals surface area contributed by atoms with Crippen LogP contribution in [0.15, 0.2) is 0 Å². The smallest absolute Gasteiger partial charge is 0.102 e. The molecule has 12 heavy (non-hydrogen) atoms. The zero-order chi connectivity index (χ0) is 8.86. The molecule has 0 unspecified atom stereocenters. The Hall–Kier alpha value is -0.160. The minimum absolute atomic E-state index is 0.222. The molecule has 0 spiro atoms. The van der Waals surface area contributed by atoms with Gasteiger partial charge >= 0.3 is 0 Å². The van der Waals surface area contributed by atoms with Crippen LogP contribution in [0.25, 0.3) is 0 Å². The van der Waals surface area contributed by atoms with Crippen molar-refractivity contribution in [3.63, 3.8) is 0 Å². The predicted molar refractivity (Wildman–Crippen MR) is 46.8 cm³/mol. The lowest BCUT2D eigenvalue weighted by molar-refractivity contribution is -0.930. The fraction of sp³-hybridized carbons (Fsp3) is 1.00. The van der Waals surface area contributed by atoms with Crippen LogP contribution in [-0.2, 0) is 0 Å². The Morgan fingerprint density at radius 1 is 1.00 bits per heavy atom. The Labute approximate surface area is 73.4 Å². The molecule has 1 rings (SSSR count). The monoisotopic (exact) mass is 175 g/mol. The topological polar surface area (TPSA) is 52.5 Å². The first-order chi connectivity index (χ1) is 5.83. The Bertz CT molecular complexity index is 109. The fourth-order valence-electron chi connectivity index (χ4n) is 1.85. The second-order valence-electron chi connectivity index (χ2n) is 3.43. The number of hydrogen-bond acceptors (Lipinski definition) is 3. The molecule has 0 aromatic heterocycles. The van der Waals surface area contributed by atoms with E-state index in [0.717, 1.165) is 43.8 Å². The fourth-order valence-corrected chi connectivity index (χ4v) is 1.85. The highest BCUT2D eigenvalue weighted by atomic mass is 16.3. The normalized spacial score (nSPS) is 22.5. The van der Waals surface area contributed by atoms with Gasteiger partial charge in [-0.15, -0.1) is 0 Å². The van der Waals surface area contributed by atoms with Gasteiger partial charge in [0.1, 0.15) is 13.1 Å². The number of nitrogens with zero attached hydrogens (tertiary/aromatic N) is 1. The van der Waals surface area contributed by atoms with E-state index in [0.29, 0.717) is 0 Å². The summed E-state index contributed by atoms with van der Waals surface area (Å²) >= 11 is 0. The highest BCUT2D eigenvalue weighted by Gasteiger charge is 2.28. The van der Waals surface area contributed by atoms with Crippen molar-refractivity contribution in [2.24, 2.45) is 0 Å². The van der Waals surface area contributed by atoms with E-state index in [1.54, 1.807) is 0 Å². The summed E-state index contributed by atoms with van der Waals surface area (Å²) in [6.07, 6.45) is 0. The summed E-state index contributed by atoms with van der Waals surface area (Å²) < 4.78 is 0.875. The molecular weight excluding hydrogens is 156 g/mol. The van der Waals surface area contributed by atoms with Crippen molar-refractivity contribution in [2.75, 3.05) is 52.5 Å². The molecule has 0 bridgehead atoms. The SMILES string of the molecule is OCC[N+]1(CCO)CCNCC1. The van der Waals surface area contributed by atoms with Crippen LogP contribution < -0.4 is 5.32 Å². The van der Waals surface area contributed by atoms with Gasteiger partial charge in [-0.2, -0.15) is 0 Å². The number of nitrogens with one attached hydrogen (secondary N) is 1. The lowest BCUT2D eigenvalue weighted by Crippen LogP contribution is -2.60. The molecule has 4 nitrogen and oxygen atoms in total. The lowest BCUT2D eigenvalue weighted by Gasteiger charge is -2.40. The highest BCUT2D eigenvalue weighted by molar-refractivity contribution is 4.57. The molecule has 0 saturated carbocycles. The van der Waals surface area contributed by atoms with E-state index in [1.807, 2.05) is 0 Å². The summed E-state index contributed by atoms with van der Waals surface area (Å²) in [6.45, 7) is 6.06. The summed E-state index contributed by atoms with van der Waals surface area (Å²) in [7, 11) is 0. The number of quaternary nitrogens is 1. The van der Waals surface area contributed by atoms with E-state index >= 15 is 0 Å². The molecule has 0 atom stereocenters. The first-order valence-electron chi connectivity index (χ1n) is 4.60. The van der Waals surface area contributed by atoms with Crippen LogP contribution in [-0.4, -0.2) is 67.2 Å². The molecule has 1 aliphatic rings. The number of hydrogen-bond donors (Lipinski definition) is 3. The Kier molecular flexibility index (Phi) is 3.94. The maximum Gasteiger partial charge on any atom is 0.102 e. The minimum Gasteiger partial charge on any atom is -0.391 e. The first-order valence-corrected chi connectivity index (χ1v) is 4.60. The van der Waals surface area contributed by atoms with Crippen molar-refractivity contribution in [3.8, 4) is 0 Å². The van der Waals surface area contributed by atoms with Crippen molar-refractivity contribution in [1.82, 2.24) is 5.32 Å². The van der Waals surface area contributed by atoms with E-state index in [-0.39, 0.29) is 13.2 Å². The molecule has 1 heterocycles. The van der Waals surface area contributed by atoms with E-state index in [4.69, 9.17) is 10.2 Å². The van der Waals surface area contributed by atoms with Crippen LogP contribution in [0.3, 0.4) is 0 Å². The quantitative estimate of drug-likeness (QED) is 0.451. The Balaban J connectivity index is 2.44. The van der Waals surface area contributed by atoms with Gasteiger partial charge in [-0.25, -0.2) is 0 Å². The maximum absolute atomic E-state index is 8.89. The first kappa shape index (κ1) is 9.92. The average Bonchev–Trinajstić information content (AvgIpc) is 2.07. The average molecular weight is 175 g/mol. The van der Waals surface area contributed by atoms with E-state index in [9.17, 15) is 0 Å². The molecule has 0 radical (unpaired) electrons. The highest BCUT2D eigenvalue weighted by Crippen LogP contribution is 2.07. The molecule has 4 heteroatoms. The van der Waals surface area contributed by atoms with Gasteiger partial charge in [-0.3, -0.25) is 0 Å². The second-order valence-corrected chi connectivity index (χ2v) is 3.43. The van der Waals surface area contributed by atoms with Crippen LogP contribution >= 0.6 is 0 Å². The number of aliphatic hydroxyl groups excluding tert-OH is 2. The van der Waals surface area contributed by atoms with Gasteiger partial charge in [0.2, 0.25) is 0 Å². The number of piperazine rings is 1. The summed E-state index contributed by atoms with van der Waals surface area (Å²) in [5, 5.41) is 21.1. The van der Waals surface area contributed by atoms with Gasteiger partial charge in [-0.1, -0.05) is 0 Å². The van der Waals surface area contributed by atoms with Crippen molar-refractivity contribution >= 4 is 0 Å². The number of aliphatic hydroxyl groups is 2. The van der Waals surface area contributed by atoms with E-state index < -0.39 is 0 Å². The third kappa shape index (κ3) is 2.42. The minimum atomic E-state index is 0.222. The standard InChI is InChI=1S/C8H19N2O2/c11-7-5-10(6-8-12)3-1-9-2-4-10/h9,11-12H,1-8H2/q+1. The second kappa shape index (κ2) is 4.77. The third-order valence-corrected chi connectivity index (χ3v) is 2.67. The molecule has 0 amide bonds. The van der Waals surface area contributed by atoms with Gasteiger partial charge in [0.05, 0.1) is 26.3 Å². The molecule has 0 aliphatic carbocycles. The molecule has 72 valence electrons.